The summed E-state index contributed by atoms with van der Waals surface area (Å²) in [6, 6.07) is 9.60. The molecule has 0 saturated heterocycles. The van der Waals surface area contributed by atoms with Crippen LogP contribution in [-0.2, 0) is 14.4 Å². The molecule has 0 fully saturated rings. The lowest BCUT2D eigenvalue weighted by Gasteiger charge is -2.18. The number of hydrogen-bond donors (Lipinski definition) is 1. The topological polar surface area (TPSA) is 61.5 Å². The van der Waals surface area contributed by atoms with Gasteiger partial charge in [-0.1, -0.05) is 37.3 Å². The van der Waals surface area contributed by atoms with Crippen molar-refractivity contribution in [2.45, 2.75) is 26.4 Å². The van der Waals surface area contributed by atoms with Gasteiger partial charge in [-0.15, -0.1) is 0 Å². The molecule has 0 saturated carbocycles. The second-order valence-corrected chi connectivity index (χ2v) is 3.92. The van der Waals surface area contributed by atoms with Gasteiger partial charge in [-0.2, -0.15) is 0 Å². The second-order valence-electron chi connectivity index (χ2n) is 3.92. The maximum atomic E-state index is 11.5. The summed E-state index contributed by atoms with van der Waals surface area (Å²) in [4.78, 5) is 16.4. The molecule has 2 atom stereocenters. The van der Waals surface area contributed by atoms with E-state index in [-0.39, 0.29) is 18.0 Å². The van der Waals surface area contributed by atoms with E-state index in [1.807, 2.05) is 37.3 Å². The fourth-order valence-corrected chi connectivity index (χ4v) is 1.64. The van der Waals surface area contributed by atoms with Crippen molar-refractivity contribution >= 4 is 5.97 Å². The zero-order chi connectivity index (χ0) is 12.7. The molecule has 0 spiro atoms. The molecule has 1 rings (SSSR count). The van der Waals surface area contributed by atoms with Crippen LogP contribution in [0, 0.1) is 5.92 Å². The minimum absolute atomic E-state index is 0.217. The number of rotatable bonds is 6. The zero-order valence-corrected chi connectivity index (χ0v) is 10.3. The van der Waals surface area contributed by atoms with Gasteiger partial charge in [0.1, 0.15) is 6.10 Å². The van der Waals surface area contributed by atoms with Crippen molar-refractivity contribution in [2.75, 3.05) is 6.61 Å². The number of benzene rings is 1. The maximum absolute atomic E-state index is 11.5. The molecular weight excluding hydrogens is 218 g/mol. The Morgan fingerprint density at radius 2 is 2.00 bits per heavy atom. The van der Waals surface area contributed by atoms with Gasteiger partial charge in [-0.3, -0.25) is 9.63 Å². The summed E-state index contributed by atoms with van der Waals surface area (Å²) in [5.41, 5.74) is 0.964. The molecule has 0 heterocycles. The van der Waals surface area contributed by atoms with Crippen LogP contribution in [0.1, 0.15) is 31.9 Å². The summed E-state index contributed by atoms with van der Waals surface area (Å²) >= 11 is 0. The number of hydrogen-bond acceptors (Lipinski definition) is 4. The molecule has 1 aromatic rings. The molecule has 0 bridgehead atoms. The van der Waals surface area contributed by atoms with Crippen LogP contribution in [0.4, 0.5) is 0 Å². The molecule has 0 radical (unpaired) electrons. The molecule has 0 aliphatic carbocycles. The molecule has 0 amide bonds. The van der Waals surface area contributed by atoms with Crippen LogP contribution in [0.5, 0.6) is 0 Å². The quantitative estimate of drug-likeness (QED) is 0.608. The normalized spacial score (nSPS) is 14.1. The average Bonchev–Trinajstić information content (AvgIpc) is 2.37. The molecule has 4 heteroatoms. The largest absolute Gasteiger partial charge is 0.466 e. The zero-order valence-electron chi connectivity index (χ0n) is 10.3. The molecule has 0 aliphatic heterocycles. The second kappa shape index (κ2) is 7.04. The third kappa shape index (κ3) is 4.17. The minimum Gasteiger partial charge on any atom is -0.466 e. The highest BCUT2D eigenvalue weighted by Crippen LogP contribution is 2.24. The number of carbonyl (C=O) groups excluding carboxylic acids is 1. The molecular formula is C13H19NO3. The fraction of sp³-hybridized carbons (Fsp3) is 0.462. The molecule has 1 aromatic carbocycles. The Labute approximate surface area is 102 Å². The van der Waals surface area contributed by atoms with E-state index < -0.39 is 0 Å². The van der Waals surface area contributed by atoms with Crippen molar-refractivity contribution in [3.63, 3.8) is 0 Å². The smallest absolute Gasteiger partial charge is 0.308 e. The van der Waals surface area contributed by atoms with E-state index in [1.54, 1.807) is 6.92 Å². The van der Waals surface area contributed by atoms with Crippen LogP contribution in [0.25, 0.3) is 0 Å². The highest BCUT2D eigenvalue weighted by Gasteiger charge is 2.21. The van der Waals surface area contributed by atoms with E-state index in [2.05, 4.69) is 0 Å². The average molecular weight is 237 g/mol. The Kier molecular flexibility index (Phi) is 5.66. The first-order valence-electron chi connectivity index (χ1n) is 5.76. The number of ether oxygens (including phenoxy) is 1. The van der Waals surface area contributed by atoms with Crippen molar-refractivity contribution in [1.29, 1.82) is 0 Å². The van der Waals surface area contributed by atoms with E-state index in [0.717, 1.165) is 5.56 Å². The summed E-state index contributed by atoms with van der Waals surface area (Å²) in [6.07, 6.45) is 0.231. The van der Waals surface area contributed by atoms with Crippen LogP contribution in [0.2, 0.25) is 0 Å². The van der Waals surface area contributed by atoms with Gasteiger partial charge < -0.3 is 4.74 Å². The van der Waals surface area contributed by atoms with Gasteiger partial charge in [0, 0.05) is 0 Å². The van der Waals surface area contributed by atoms with E-state index >= 15 is 0 Å². The Balaban J connectivity index is 2.61. The van der Waals surface area contributed by atoms with Gasteiger partial charge in [0.05, 0.1) is 12.5 Å². The van der Waals surface area contributed by atoms with Crippen molar-refractivity contribution < 1.29 is 14.4 Å². The monoisotopic (exact) mass is 237 g/mol. The van der Waals surface area contributed by atoms with Crippen molar-refractivity contribution in [1.82, 2.24) is 0 Å². The highest BCUT2D eigenvalue weighted by atomic mass is 16.6. The van der Waals surface area contributed by atoms with Crippen molar-refractivity contribution in [2.24, 2.45) is 11.8 Å². The summed E-state index contributed by atoms with van der Waals surface area (Å²) in [7, 11) is 0. The first-order chi connectivity index (χ1) is 8.19. The predicted molar refractivity (Wildman–Crippen MR) is 64.9 cm³/mol. The number of nitrogens with two attached hydrogens (primary N) is 1. The third-order valence-corrected chi connectivity index (χ3v) is 2.59. The Morgan fingerprint density at radius 1 is 1.35 bits per heavy atom. The van der Waals surface area contributed by atoms with E-state index in [1.165, 1.54) is 0 Å². The molecule has 17 heavy (non-hydrogen) atoms. The van der Waals surface area contributed by atoms with Crippen LogP contribution >= 0.6 is 0 Å². The Bertz CT molecular complexity index is 340. The lowest BCUT2D eigenvalue weighted by atomic mass is 9.98. The van der Waals surface area contributed by atoms with E-state index in [4.69, 9.17) is 15.5 Å². The summed E-state index contributed by atoms with van der Waals surface area (Å²) in [5.74, 6) is 4.83. The van der Waals surface area contributed by atoms with Gasteiger partial charge in [0.15, 0.2) is 0 Å². The fourth-order valence-electron chi connectivity index (χ4n) is 1.64. The highest BCUT2D eigenvalue weighted by molar-refractivity contribution is 5.72. The van der Waals surface area contributed by atoms with Crippen molar-refractivity contribution in [3.05, 3.63) is 35.9 Å². The summed E-state index contributed by atoms with van der Waals surface area (Å²) in [6.45, 7) is 3.99. The molecule has 2 unspecified atom stereocenters. The van der Waals surface area contributed by atoms with Gasteiger partial charge in [-0.05, 0) is 18.9 Å². The first kappa shape index (κ1) is 13.7. The summed E-state index contributed by atoms with van der Waals surface area (Å²) < 4.78 is 4.95. The van der Waals surface area contributed by atoms with Crippen molar-refractivity contribution in [3.8, 4) is 0 Å². The molecule has 94 valence electrons. The van der Waals surface area contributed by atoms with Gasteiger partial charge in [0.2, 0.25) is 0 Å². The standard InChI is InChI=1S/C13H19NO3/c1-3-16-13(15)10(2)9-12(17-14)11-7-5-4-6-8-11/h4-8,10,12H,3,9,14H2,1-2H3. The molecule has 0 aliphatic rings. The molecule has 0 aromatic heterocycles. The predicted octanol–water partition coefficient (Wildman–Crippen LogP) is 2.21. The van der Waals surface area contributed by atoms with Crippen LogP contribution in [0.15, 0.2) is 30.3 Å². The van der Waals surface area contributed by atoms with Gasteiger partial charge >= 0.3 is 5.97 Å². The number of esters is 1. The third-order valence-electron chi connectivity index (χ3n) is 2.59. The number of carbonyl (C=O) groups is 1. The van der Waals surface area contributed by atoms with Gasteiger partial charge in [0.25, 0.3) is 0 Å². The van der Waals surface area contributed by atoms with Crippen LogP contribution in [0.3, 0.4) is 0 Å². The summed E-state index contributed by atoms with van der Waals surface area (Å²) in [5, 5.41) is 0. The van der Waals surface area contributed by atoms with Crippen LogP contribution in [-0.4, -0.2) is 12.6 Å². The first-order valence-corrected chi connectivity index (χ1v) is 5.76. The lowest BCUT2D eigenvalue weighted by Crippen LogP contribution is -2.20. The van der Waals surface area contributed by atoms with E-state index in [0.29, 0.717) is 13.0 Å². The Morgan fingerprint density at radius 3 is 2.53 bits per heavy atom. The molecule has 4 nitrogen and oxygen atoms in total. The SMILES string of the molecule is CCOC(=O)C(C)CC(ON)c1ccccc1. The van der Waals surface area contributed by atoms with E-state index in [9.17, 15) is 4.79 Å². The molecule has 2 N–H and O–H groups in total. The van der Waals surface area contributed by atoms with Gasteiger partial charge in [-0.25, -0.2) is 5.90 Å². The minimum atomic E-state index is -0.282. The van der Waals surface area contributed by atoms with Crippen LogP contribution < -0.4 is 5.90 Å². The maximum Gasteiger partial charge on any atom is 0.308 e. The Hall–Kier alpha value is -1.39. The lowest BCUT2D eigenvalue weighted by molar-refractivity contribution is -0.148.